The van der Waals surface area contributed by atoms with E-state index in [4.69, 9.17) is 5.84 Å². The molecule has 1 aromatic rings. The van der Waals surface area contributed by atoms with Crippen LogP contribution in [0.2, 0.25) is 0 Å². The fraction of sp³-hybridized carbons (Fsp3) is 0.333. The maximum Gasteiger partial charge on any atom is 0.405 e. The van der Waals surface area contributed by atoms with E-state index in [2.05, 4.69) is 5.43 Å². The number of hydrogen-bond acceptors (Lipinski definition) is 5. The monoisotopic (exact) mass is 264 g/mol. The number of anilines is 2. The molecule has 0 unspecified atom stereocenters. The summed E-state index contributed by atoms with van der Waals surface area (Å²) in [5.74, 6) is 5.10. The van der Waals surface area contributed by atoms with Crippen LogP contribution in [-0.2, 0) is 0 Å². The molecule has 0 bridgehead atoms. The van der Waals surface area contributed by atoms with Crippen molar-refractivity contribution in [3.63, 3.8) is 0 Å². The van der Waals surface area contributed by atoms with Gasteiger partial charge in [-0.2, -0.15) is 13.2 Å². The van der Waals surface area contributed by atoms with Gasteiger partial charge in [-0.05, 0) is 6.07 Å². The van der Waals surface area contributed by atoms with Gasteiger partial charge in [0.25, 0.3) is 5.69 Å². The topological polar surface area (TPSA) is 84.4 Å². The zero-order valence-electron chi connectivity index (χ0n) is 9.36. The van der Waals surface area contributed by atoms with Gasteiger partial charge < -0.3 is 10.3 Å². The number of rotatable bonds is 4. The van der Waals surface area contributed by atoms with Crippen LogP contribution in [0.15, 0.2) is 18.2 Å². The van der Waals surface area contributed by atoms with Crippen molar-refractivity contribution < 1.29 is 18.1 Å². The van der Waals surface area contributed by atoms with Gasteiger partial charge in [-0.3, -0.25) is 16.0 Å². The van der Waals surface area contributed by atoms with Crippen molar-refractivity contribution in [3.05, 3.63) is 28.3 Å². The van der Waals surface area contributed by atoms with Gasteiger partial charge in [0.05, 0.1) is 10.6 Å². The van der Waals surface area contributed by atoms with Gasteiger partial charge in [0.1, 0.15) is 6.54 Å². The van der Waals surface area contributed by atoms with Crippen molar-refractivity contribution in [2.45, 2.75) is 6.18 Å². The van der Waals surface area contributed by atoms with Gasteiger partial charge in [-0.25, -0.2) is 0 Å². The summed E-state index contributed by atoms with van der Waals surface area (Å²) in [4.78, 5) is 10.8. The van der Waals surface area contributed by atoms with Crippen LogP contribution >= 0.6 is 0 Å². The summed E-state index contributed by atoms with van der Waals surface area (Å²) in [7, 11) is 1.19. The summed E-state index contributed by atoms with van der Waals surface area (Å²) >= 11 is 0. The largest absolute Gasteiger partial charge is 0.405 e. The van der Waals surface area contributed by atoms with Crippen LogP contribution in [0.5, 0.6) is 0 Å². The minimum absolute atomic E-state index is 0.0504. The first-order chi connectivity index (χ1) is 8.23. The van der Waals surface area contributed by atoms with E-state index in [9.17, 15) is 23.3 Å². The molecular formula is C9H11F3N4O2. The number of hydrogen-bond donors (Lipinski definition) is 2. The van der Waals surface area contributed by atoms with E-state index in [0.717, 1.165) is 17.0 Å². The van der Waals surface area contributed by atoms with E-state index in [1.807, 2.05) is 0 Å². The standard InChI is InChI=1S/C9H11F3N4O2/c1-15(5-9(10,11)12)7-2-6(14-13)3-8(4-7)16(17)18/h2-4,14H,5,13H2,1H3. The summed E-state index contributed by atoms with van der Waals surface area (Å²) in [6.07, 6.45) is -4.39. The quantitative estimate of drug-likeness (QED) is 0.492. The molecular weight excluding hydrogens is 253 g/mol. The average molecular weight is 264 g/mol. The van der Waals surface area contributed by atoms with Crippen LogP contribution in [0.25, 0.3) is 0 Å². The zero-order chi connectivity index (χ0) is 13.9. The maximum absolute atomic E-state index is 12.2. The first kappa shape index (κ1) is 14.0. The lowest BCUT2D eigenvalue weighted by Crippen LogP contribution is -2.30. The van der Waals surface area contributed by atoms with Crippen LogP contribution in [0, 0.1) is 10.1 Å². The minimum atomic E-state index is -4.39. The van der Waals surface area contributed by atoms with Gasteiger partial charge in [-0.1, -0.05) is 0 Å². The van der Waals surface area contributed by atoms with E-state index in [1.54, 1.807) is 0 Å². The van der Waals surface area contributed by atoms with Gasteiger partial charge in [0, 0.05) is 24.9 Å². The molecule has 0 radical (unpaired) electrons. The molecule has 0 atom stereocenters. The Bertz CT molecular complexity index is 450. The van der Waals surface area contributed by atoms with E-state index in [0.29, 0.717) is 0 Å². The molecule has 18 heavy (non-hydrogen) atoms. The van der Waals surface area contributed by atoms with Crippen molar-refractivity contribution in [1.82, 2.24) is 0 Å². The first-order valence-electron chi connectivity index (χ1n) is 4.77. The number of nitrogen functional groups attached to an aromatic ring is 1. The summed E-state index contributed by atoms with van der Waals surface area (Å²) in [6, 6.07) is 3.47. The van der Waals surface area contributed by atoms with Crippen molar-refractivity contribution in [3.8, 4) is 0 Å². The number of nitro groups is 1. The molecule has 100 valence electrons. The lowest BCUT2D eigenvalue weighted by molar-refractivity contribution is -0.384. The second-order valence-corrected chi connectivity index (χ2v) is 3.61. The van der Waals surface area contributed by atoms with E-state index < -0.39 is 17.6 Å². The van der Waals surface area contributed by atoms with Crippen LogP contribution in [0.1, 0.15) is 0 Å². The van der Waals surface area contributed by atoms with Crippen molar-refractivity contribution in [1.29, 1.82) is 0 Å². The number of nitrogens with zero attached hydrogens (tertiary/aromatic N) is 2. The molecule has 0 aliphatic heterocycles. The highest BCUT2D eigenvalue weighted by molar-refractivity contribution is 5.64. The van der Waals surface area contributed by atoms with Gasteiger partial charge in [0.15, 0.2) is 0 Å². The summed E-state index contributed by atoms with van der Waals surface area (Å²) in [5, 5.41) is 10.6. The smallest absolute Gasteiger partial charge is 0.365 e. The van der Waals surface area contributed by atoms with Crippen LogP contribution < -0.4 is 16.2 Å². The molecule has 0 aromatic heterocycles. The molecule has 1 aromatic carbocycles. The molecule has 9 heteroatoms. The lowest BCUT2D eigenvalue weighted by atomic mass is 10.2. The number of alkyl halides is 3. The first-order valence-corrected chi connectivity index (χ1v) is 4.77. The Morgan fingerprint density at radius 3 is 2.50 bits per heavy atom. The molecule has 1 rings (SSSR count). The minimum Gasteiger partial charge on any atom is -0.365 e. The summed E-state index contributed by atoms with van der Waals surface area (Å²) in [6.45, 7) is -1.21. The highest BCUT2D eigenvalue weighted by Crippen LogP contribution is 2.28. The molecule has 0 amide bonds. The number of nitro benzene ring substituents is 1. The molecule has 0 aliphatic carbocycles. The average Bonchev–Trinajstić information content (AvgIpc) is 2.26. The Morgan fingerprint density at radius 1 is 1.44 bits per heavy atom. The van der Waals surface area contributed by atoms with Crippen LogP contribution in [0.4, 0.5) is 30.2 Å². The maximum atomic E-state index is 12.2. The van der Waals surface area contributed by atoms with Crippen molar-refractivity contribution in [2.75, 3.05) is 23.9 Å². The molecule has 0 heterocycles. The van der Waals surface area contributed by atoms with Gasteiger partial charge >= 0.3 is 6.18 Å². The molecule has 0 saturated heterocycles. The predicted molar refractivity (Wildman–Crippen MR) is 60.2 cm³/mol. The Labute approximate surface area is 100 Å². The van der Waals surface area contributed by atoms with E-state index >= 15 is 0 Å². The Balaban J connectivity index is 3.07. The second-order valence-electron chi connectivity index (χ2n) is 3.61. The molecule has 3 N–H and O–H groups in total. The second kappa shape index (κ2) is 5.08. The van der Waals surface area contributed by atoms with E-state index in [1.165, 1.54) is 13.1 Å². The summed E-state index contributed by atoms with van der Waals surface area (Å²) in [5.41, 5.74) is 2.04. The molecule has 0 aliphatic rings. The number of hydrazine groups is 1. The summed E-state index contributed by atoms with van der Waals surface area (Å²) < 4.78 is 36.7. The van der Waals surface area contributed by atoms with Gasteiger partial charge in [0.2, 0.25) is 0 Å². The number of nitrogens with two attached hydrogens (primary N) is 1. The van der Waals surface area contributed by atoms with Gasteiger partial charge in [-0.15, -0.1) is 0 Å². The SMILES string of the molecule is CN(CC(F)(F)F)c1cc(NN)cc([N+](=O)[O-])c1. The number of nitrogens with one attached hydrogen (secondary N) is 1. The molecule has 0 fully saturated rings. The Kier molecular flexibility index (Phi) is 3.96. The van der Waals surface area contributed by atoms with Crippen molar-refractivity contribution >= 4 is 17.1 Å². The fourth-order valence-corrected chi connectivity index (χ4v) is 1.36. The fourth-order valence-electron chi connectivity index (χ4n) is 1.36. The number of halogens is 3. The van der Waals surface area contributed by atoms with Crippen LogP contribution in [0.3, 0.4) is 0 Å². The van der Waals surface area contributed by atoms with E-state index in [-0.39, 0.29) is 17.1 Å². The molecule has 0 saturated carbocycles. The third kappa shape index (κ3) is 3.77. The Hall–Kier alpha value is -2.03. The van der Waals surface area contributed by atoms with Crippen LogP contribution in [-0.4, -0.2) is 24.7 Å². The normalized spacial score (nSPS) is 11.2. The number of benzene rings is 1. The predicted octanol–water partition coefficient (Wildman–Crippen LogP) is 1.88. The Morgan fingerprint density at radius 2 is 2.06 bits per heavy atom. The molecule has 6 nitrogen and oxygen atoms in total. The zero-order valence-corrected chi connectivity index (χ0v) is 9.36. The highest BCUT2D eigenvalue weighted by Gasteiger charge is 2.30. The third-order valence-electron chi connectivity index (χ3n) is 2.14. The number of non-ortho nitro benzene ring substituents is 1. The lowest BCUT2D eigenvalue weighted by Gasteiger charge is -2.21. The third-order valence-corrected chi connectivity index (χ3v) is 2.14. The molecule has 0 spiro atoms. The van der Waals surface area contributed by atoms with Crippen molar-refractivity contribution in [2.24, 2.45) is 5.84 Å². The highest BCUT2D eigenvalue weighted by atomic mass is 19.4.